The Morgan fingerprint density at radius 2 is 1.56 bits per heavy atom. The summed E-state index contributed by atoms with van der Waals surface area (Å²) in [4.78, 5) is 14.3. The lowest BCUT2D eigenvalue weighted by Gasteiger charge is -2.40. The van der Waals surface area contributed by atoms with E-state index < -0.39 is 5.60 Å². The van der Waals surface area contributed by atoms with Gasteiger partial charge in [-0.15, -0.1) is 23.5 Å². The van der Waals surface area contributed by atoms with Gasteiger partial charge in [-0.2, -0.15) is 0 Å². The van der Waals surface area contributed by atoms with Gasteiger partial charge in [0.1, 0.15) is 17.8 Å². The molecule has 5 aromatic carbocycles. The van der Waals surface area contributed by atoms with Gasteiger partial charge in [-0.3, -0.25) is 4.79 Å². The molecule has 1 heterocycles. The molecular formula is C43H36O3S2. The Kier molecular flexibility index (Phi) is 6.22. The van der Waals surface area contributed by atoms with Crippen molar-refractivity contribution in [2.75, 3.05) is 19.6 Å². The fourth-order valence-corrected chi connectivity index (χ4v) is 12.1. The maximum absolute atomic E-state index is 11.7. The van der Waals surface area contributed by atoms with Gasteiger partial charge in [0.15, 0.2) is 5.60 Å². The smallest absolute Gasteiger partial charge is 0.178 e. The SMILES string of the molecule is COc1ccc(C2(c3ccc(C=O)cc3)C=Cc3c4c(c5cc(SC)c(SC)cc5c3O2)-c2ccccc2C42CC3C4CCC2C43)cc1. The normalized spacial score (nSPS) is 28.1. The van der Waals surface area contributed by atoms with Crippen LogP contribution in [0.15, 0.2) is 101 Å². The predicted molar refractivity (Wildman–Crippen MR) is 197 cm³/mol. The van der Waals surface area contributed by atoms with Crippen LogP contribution in [0.5, 0.6) is 11.5 Å². The van der Waals surface area contributed by atoms with Gasteiger partial charge in [0.2, 0.25) is 0 Å². The monoisotopic (exact) mass is 664 g/mol. The molecule has 238 valence electrons. The molecule has 0 N–H and O–H groups in total. The van der Waals surface area contributed by atoms with Gasteiger partial charge in [0.25, 0.3) is 0 Å². The highest BCUT2D eigenvalue weighted by atomic mass is 32.2. The van der Waals surface area contributed by atoms with Crippen LogP contribution in [-0.2, 0) is 11.0 Å². The highest BCUT2D eigenvalue weighted by Gasteiger charge is 2.72. The number of thioether (sulfide) groups is 2. The Bertz CT molecular complexity index is 2200. The maximum atomic E-state index is 11.7. The van der Waals surface area contributed by atoms with Crippen molar-refractivity contribution < 1.29 is 14.3 Å². The third-order valence-corrected chi connectivity index (χ3v) is 14.2. The van der Waals surface area contributed by atoms with Crippen molar-refractivity contribution in [1.82, 2.24) is 0 Å². The molecule has 0 bridgehead atoms. The van der Waals surface area contributed by atoms with Gasteiger partial charge in [-0.1, -0.05) is 66.7 Å². The van der Waals surface area contributed by atoms with Crippen molar-refractivity contribution in [2.45, 2.75) is 40.1 Å². The standard InChI is InChI=1S/C43H36O3S2/c1-45-27-14-12-26(13-15-27)43(25-10-8-24(23-44)9-11-25)19-18-30-40-39(31-20-36(47-2)37(48-3)21-32(31)41(30)46-43)29-6-4-5-7-34(29)42(40)22-33-28-16-17-35(42)38(28)33/h4-15,18-21,23,28,33,35,38H,16-17,22H2,1-3H3. The first-order valence-corrected chi connectivity index (χ1v) is 19.5. The van der Waals surface area contributed by atoms with Gasteiger partial charge in [-0.05, 0) is 113 Å². The summed E-state index contributed by atoms with van der Waals surface area (Å²) >= 11 is 3.62. The minimum atomic E-state index is -0.894. The lowest BCUT2D eigenvalue weighted by molar-refractivity contribution is 0.112. The summed E-state index contributed by atoms with van der Waals surface area (Å²) in [5, 5.41) is 2.46. The first-order valence-electron chi connectivity index (χ1n) is 17.0. The molecule has 5 heteroatoms. The molecule has 5 aromatic rings. The molecule has 0 amide bonds. The van der Waals surface area contributed by atoms with Crippen molar-refractivity contribution in [3.63, 3.8) is 0 Å². The molecule has 5 aliphatic rings. The van der Waals surface area contributed by atoms with Crippen molar-refractivity contribution in [2.24, 2.45) is 23.7 Å². The van der Waals surface area contributed by atoms with E-state index >= 15 is 0 Å². The van der Waals surface area contributed by atoms with Gasteiger partial charge >= 0.3 is 0 Å². The Morgan fingerprint density at radius 3 is 2.25 bits per heavy atom. The quantitative estimate of drug-likeness (QED) is 0.133. The van der Waals surface area contributed by atoms with Crippen LogP contribution in [0.25, 0.3) is 28.0 Å². The fourth-order valence-electron chi connectivity index (χ4n) is 10.6. The molecule has 6 atom stereocenters. The van der Waals surface area contributed by atoms with E-state index in [0.29, 0.717) is 11.5 Å². The van der Waals surface area contributed by atoms with Crippen molar-refractivity contribution in [3.8, 4) is 22.6 Å². The number of carbonyl (C=O) groups excluding carboxylic acids is 1. The predicted octanol–water partition coefficient (Wildman–Crippen LogP) is 10.4. The second kappa shape index (κ2) is 10.3. The molecule has 0 aromatic heterocycles. The Morgan fingerprint density at radius 1 is 0.854 bits per heavy atom. The molecular weight excluding hydrogens is 629 g/mol. The largest absolute Gasteiger partial charge is 0.497 e. The van der Waals surface area contributed by atoms with E-state index in [1.165, 1.54) is 62.3 Å². The summed E-state index contributed by atoms with van der Waals surface area (Å²) in [7, 11) is 1.70. The Labute approximate surface area is 290 Å². The first kappa shape index (κ1) is 29.0. The van der Waals surface area contributed by atoms with Crippen molar-refractivity contribution in [3.05, 3.63) is 124 Å². The molecule has 4 aliphatic carbocycles. The lowest BCUT2D eigenvalue weighted by atomic mass is 9.66. The summed E-state index contributed by atoms with van der Waals surface area (Å²) in [6.45, 7) is 0. The van der Waals surface area contributed by atoms with Crippen LogP contribution >= 0.6 is 23.5 Å². The summed E-state index contributed by atoms with van der Waals surface area (Å²) in [5.41, 5.74) is 8.90. The van der Waals surface area contributed by atoms with E-state index in [4.69, 9.17) is 9.47 Å². The number of hydrogen-bond acceptors (Lipinski definition) is 5. The fraction of sp³-hybridized carbons (Fsp3) is 0.279. The molecule has 3 nitrogen and oxygen atoms in total. The number of fused-ring (bicyclic) bond motifs is 12. The van der Waals surface area contributed by atoms with Crippen LogP contribution in [0.1, 0.15) is 57.4 Å². The zero-order valence-electron chi connectivity index (χ0n) is 27.3. The molecule has 1 aliphatic heterocycles. The first-order chi connectivity index (χ1) is 23.6. The highest BCUT2D eigenvalue weighted by Crippen LogP contribution is 2.79. The van der Waals surface area contributed by atoms with Crippen molar-refractivity contribution in [1.29, 1.82) is 0 Å². The number of aldehydes is 1. The molecule has 0 radical (unpaired) electrons. The molecule has 6 unspecified atom stereocenters. The topological polar surface area (TPSA) is 35.5 Å². The van der Waals surface area contributed by atoms with Gasteiger partial charge in [0.05, 0.1) is 7.11 Å². The van der Waals surface area contributed by atoms with Gasteiger partial charge in [-0.25, -0.2) is 0 Å². The minimum Gasteiger partial charge on any atom is -0.497 e. The summed E-state index contributed by atoms with van der Waals surface area (Å²) < 4.78 is 13.2. The average molecular weight is 665 g/mol. The number of rotatable bonds is 6. The van der Waals surface area contributed by atoms with Crippen LogP contribution in [0.2, 0.25) is 0 Å². The second-order valence-corrected chi connectivity index (χ2v) is 15.9. The second-order valence-electron chi connectivity index (χ2n) is 14.2. The number of methoxy groups -OCH3 is 1. The van der Waals surface area contributed by atoms with Gasteiger partial charge in [0, 0.05) is 42.8 Å². The van der Waals surface area contributed by atoms with Crippen LogP contribution in [0, 0.1) is 23.7 Å². The van der Waals surface area contributed by atoms with Crippen LogP contribution in [0.4, 0.5) is 0 Å². The lowest BCUT2D eigenvalue weighted by Crippen LogP contribution is -2.36. The zero-order chi connectivity index (χ0) is 32.4. The van der Waals surface area contributed by atoms with Gasteiger partial charge < -0.3 is 9.47 Å². The van der Waals surface area contributed by atoms with E-state index in [1.54, 1.807) is 18.9 Å². The molecule has 48 heavy (non-hydrogen) atoms. The molecule has 1 spiro atoms. The number of benzene rings is 5. The highest BCUT2D eigenvalue weighted by molar-refractivity contribution is 8.01. The summed E-state index contributed by atoms with van der Waals surface area (Å²) in [6.07, 6.45) is 13.9. The maximum Gasteiger partial charge on any atom is 0.178 e. The molecule has 3 saturated carbocycles. The minimum absolute atomic E-state index is 0.0175. The van der Waals surface area contributed by atoms with Crippen LogP contribution in [-0.4, -0.2) is 25.9 Å². The molecule has 0 saturated heterocycles. The number of ether oxygens (including phenoxy) is 2. The average Bonchev–Trinajstić information content (AvgIpc) is 3.38. The van der Waals surface area contributed by atoms with Crippen LogP contribution in [0.3, 0.4) is 0 Å². The molecule has 3 fully saturated rings. The third-order valence-electron chi connectivity index (χ3n) is 12.5. The van der Waals surface area contributed by atoms with E-state index in [9.17, 15) is 4.79 Å². The zero-order valence-corrected chi connectivity index (χ0v) is 28.9. The van der Waals surface area contributed by atoms with Crippen LogP contribution < -0.4 is 9.47 Å². The Hall–Kier alpha value is -3.93. The van der Waals surface area contributed by atoms with Crippen molar-refractivity contribution >= 4 is 46.7 Å². The third kappa shape index (κ3) is 3.62. The van der Waals surface area contributed by atoms with E-state index in [-0.39, 0.29) is 5.41 Å². The summed E-state index contributed by atoms with van der Waals surface area (Å²) in [6, 6.07) is 30.3. The van der Waals surface area contributed by atoms with E-state index in [1.807, 2.05) is 48.2 Å². The number of hydrogen-bond donors (Lipinski definition) is 0. The molecule has 10 rings (SSSR count). The van der Waals surface area contributed by atoms with E-state index in [0.717, 1.165) is 52.1 Å². The number of carbonyl (C=O) groups is 1. The summed E-state index contributed by atoms with van der Waals surface area (Å²) in [5.74, 6) is 5.09. The Balaban J connectivity index is 1.30. The van der Waals surface area contributed by atoms with E-state index in [2.05, 4.69) is 73.2 Å².